The van der Waals surface area contributed by atoms with Crippen molar-refractivity contribution < 1.29 is 19.1 Å². The van der Waals surface area contributed by atoms with E-state index in [1.54, 1.807) is 31.4 Å². The van der Waals surface area contributed by atoms with Gasteiger partial charge < -0.3 is 19.4 Å². The highest BCUT2D eigenvalue weighted by atomic mass is 32.2. The van der Waals surface area contributed by atoms with Crippen molar-refractivity contribution in [3.8, 4) is 17.1 Å². The molecule has 1 amide bonds. The number of hydrogen-bond donors (Lipinski definition) is 1. The molecule has 0 aliphatic heterocycles. The number of ether oxygens (including phenoxy) is 2. The quantitative estimate of drug-likeness (QED) is 0.361. The van der Waals surface area contributed by atoms with Crippen molar-refractivity contribution in [3.05, 3.63) is 54.1 Å². The number of thioether (sulfide) groups is 1. The second-order valence-electron chi connectivity index (χ2n) is 6.91. The first-order valence-corrected chi connectivity index (χ1v) is 11.2. The van der Waals surface area contributed by atoms with Crippen LogP contribution in [-0.2, 0) is 16.1 Å². The summed E-state index contributed by atoms with van der Waals surface area (Å²) in [5.41, 5.74) is 1.65. The zero-order valence-corrected chi connectivity index (χ0v) is 19.1. The summed E-state index contributed by atoms with van der Waals surface area (Å²) in [5.74, 6) is 0.897. The Morgan fingerprint density at radius 3 is 2.50 bits per heavy atom. The zero-order valence-electron chi connectivity index (χ0n) is 18.3. The molecule has 0 atom stereocenters. The van der Waals surface area contributed by atoms with Crippen molar-refractivity contribution in [2.24, 2.45) is 0 Å². The van der Waals surface area contributed by atoms with E-state index in [1.807, 2.05) is 28.8 Å². The predicted octanol–water partition coefficient (Wildman–Crippen LogP) is 4.27. The molecule has 1 N–H and O–H groups in total. The summed E-state index contributed by atoms with van der Waals surface area (Å²) >= 11 is 1.30. The van der Waals surface area contributed by atoms with Gasteiger partial charge in [0.05, 0.1) is 31.2 Å². The molecule has 0 spiro atoms. The standard InChI is InChI=1S/C23H26N4O4S/c1-4-5-14-27-21(16-10-12-17(30-2)13-11-16)25-26-23(27)32-15-20(28)24-19-9-7-6-8-18(19)22(29)31-3/h6-13H,4-5,14-15H2,1-3H3,(H,24,28). The van der Waals surface area contributed by atoms with Crippen molar-refractivity contribution in [3.63, 3.8) is 0 Å². The first-order chi connectivity index (χ1) is 15.6. The molecule has 2 aromatic carbocycles. The minimum atomic E-state index is -0.503. The van der Waals surface area contributed by atoms with Crippen molar-refractivity contribution in [2.75, 3.05) is 25.3 Å². The maximum Gasteiger partial charge on any atom is 0.339 e. The predicted molar refractivity (Wildman–Crippen MR) is 124 cm³/mol. The average Bonchev–Trinajstić information content (AvgIpc) is 3.23. The topological polar surface area (TPSA) is 95.3 Å². The van der Waals surface area contributed by atoms with Gasteiger partial charge in [-0.2, -0.15) is 0 Å². The molecular weight excluding hydrogens is 428 g/mol. The highest BCUT2D eigenvalue weighted by Gasteiger charge is 2.17. The van der Waals surface area contributed by atoms with Gasteiger partial charge in [-0.3, -0.25) is 4.79 Å². The van der Waals surface area contributed by atoms with Crippen LogP contribution in [0.15, 0.2) is 53.7 Å². The number of nitrogens with zero attached hydrogens (tertiary/aromatic N) is 3. The largest absolute Gasteiger partial charge is 0.497 e. The number of esters is 1. The number of methoxy groups -OCH3 is 2. The number of anilines is 1. The van der Waals surface area contributed by atoms with E-state index in [4.69, 9.17) is 9.47 Å². The highest BCUT2D eigenvalue weighted by molar-refractivity contribution is 7.99. The number of nitrogens with one attached hydrogen (secondary N) is 1. The molecule has 3 aromatic rings. The van der Waals surface area contributed by atoms with Crippen molar-refractivity contribution in [1.82, 2.24) is 14.8 Å². The molecule has 0 unspecified atom stereocenters. The van der Waals surface area contributed by atoms with Crippen LogP contribution in [-0.4, -0.2) is 46.6 Å². The van der Waals surface area contributed by atoms with Gasteiger partial charge in [-0.1, -0.05) is 37.2 Å². The molecule has 168 valence electrons. The number of para-hydroxylation sites is 1. The van der Waals surface area contributed by atoms with Crippen LogP contribution in [0.4, 0.5) is 5.69 Å². The van der Waals surface area contributed by atoms with Crippen LogP contribution in [0.25, 0.3) is 11.4 Å². The molecule has 0 radical (unpaired) electrons. The first-order valence-electron chi connectivity index (χ1n) is 10.2. The minimum absolute atomic E-state index is 0.127. The minimum Gasteiger partial charge on any atom is -0.497 e. The number of hydrogen-bond acceptors (Lipinski definition) is 7. The van der Waals surface area contributed by atoms with Gasteiger partial charge >= 0.3 is 5.97 Å². The second kappa shape index (κ2) is 11.3. The van der Waals surface area contributed by atoms with Gasteiger partial charge in [0.2, 0.25) is 5.91 Å². The van der Waals surface area contributed by atoms with Gasteiger partial charge in [-0.15, -0.1) is 10.2 Å². The van der Waals surface area contributed by atoms with Crippen LogP contribution in [0.5, 0.6) is 5.75 Å². The Hall–Kier alpha value is -3.33. The second-order valence-corrected chi connectivity index (χ2v) is 7.86. The summed E-state index contributed by atoms with van der Waals surface area (Å²) in [6, 6.07) is 14.4. The van der Waals surface area contributed by atoms with Crippen LogP contribution < -0.4 is 10.1 Å². The lowest BCUT2D eigenvalue weighted by atomic mass is 10.2. The van der Waals surface area contributed by atoms with Crippen molar-refractivity contribution >= 4 is 29.3 Å². The van der Waals surface area contributed by atoms with Gasteiger partial charge in [-0.05, 0) is 42.8 Å². The average molecular weight is 455 g/mol. The summed E-state index contributed by atoms with van der Waals surface area (Å²) in [6.45, 7) is 2.87. The molecule has 0 bridgehead atoms. The van der Waals surface area contributed by atoms with E-state index in [-0.39, 0.29) is 11.7 Å². The van der Waals surface area contributed by atoms with E-state index in [1.165, 1.54) is 18.9 Å². The number of carbonyl (C=O) groups is 2. The van der Waals surface area contributed by atoms with Crippen LogP contribution in [0.2, 0.25) is 0 Å². The molecule has 0 fully saturated rings. The Kier molecular flexibility index (Phi) is 8.27. The van der Waals surface area contributed by atoms with Crippen LogP contribution in [0.3, 0.4) is 0 Å². The molecular formula is C23H26N4O4S. The molecule has 32 heavy (non-hydrogen) atoms. The maximum atomic E-state index is 12.6. The third-order valence-electron chi connectivity index (χ3n) is 4.74. The number of rotatable bonds is 10. The molecule has 0 aliphatic carbocycles. The van der Waals surface area contributed by atoms with Gasteiger partial charge in [-0.25, -0.2) is 4.79 Å². The number of amides is 1. The molecule has 9 heteroatoms. The van der Waals surface area contributed by atoms with Gasteiger partial charge in [0.15, 0.2) is 11.0 Å². The Labute approximate surface area is 191 Å². The summed E-state index contributed by atoms with van der Waals surface area (Å²) < 4.78 is 12.0. The van der Waals surface area contributed by atoms with Crippen molar-refractivity contribution in [1.29, 1.82) is 0 Å². The zero-order chi connectivity index (χ0) is 22.9. The number of unbranched alkanes of at least 4 members (excludes halogenated alkanes) is 1. The Balaban J connectivity index is 1.74. The lowest BCUT2D eigenvalue weighted by Crippen LogP contribution is -2.17. The van der Waals surface area contributed by atoms with Crippen LogP contribution in [0.1, 0.15) is 30.1 Å². The fourth-order valence-electron chi connectivity index (χ4n) is 3.06. The van der Waals surface area contributed by atoms with Crippen LogP contribution in [0, 0.1) is 0 Å². The monoisotopic (exact) mass is 454 g/mol. The lowest BCUT2D eigenvalue weighted by Gasteiger charge is -2.11. The number of benzene rings is 2. The fraction of sp³-hybridized carbons (Fsp3) is 0.304. The summed E-state index contributed by atoms with van der Waals surface area (Å²) in [7, 11) is 2.93. The smallest absolute Gasteiger partial charge is 0.339 e. The van der Waals surface area contributed by atoms with Gasteiger partial charge in [0.25, 0.3) is 0 Å². The van der Waals surface area contributed by atoms with E-state index in [2.05, 4.69) is 22.4 Å². The number of aromatic nitrogens is 3. The Bertz CT molecular complexity index is 1070. The van der Waals surface area contributed by atoms with E-state index >= 15 is 0 Å². The SMILES string of the molecule is CCCCn1c(SCC(=O)Nc2ccccc2C(=O)OC)nnc1-c1ccc(OC)cc1. The normalized spacial score (nSPS) is 10.6. The molecule has 8 nitrogen and oxygen atoms in total. The highest BCUT2D eigenvalue weighted by Crippen LogP contribution is 2.26. The third-order valence-corrected chi connectivity index (χ3v) is 5.71. The van der Waals surface area contributed by atoms with Gasteiger partial charge in [0.1, 0.15) is 5.75 Å². The Morgan fingerprint density at radius 1 is 1.06 bits per heavy atom. The van der Waals surface area contributed by atoms with E-state index in [0.717, 1.165) is 36.5 Å². The third kappa shape index (κ3) is 5.67. The molecule has 0 saturated carbocycles. The lowest BCUT2D eigenvalue weighted by molar-refractivity contribution is -0.113. The van der Waals surface area contributed by atoms with E-state index < -0.39 is 5.97 Å². The molecule has 0 saturated heterocycles. The summed E-state index contributed by atoms with van der Waals surface area (Å²) in [4.78, 5) is 24.5. The van der Waals surface area contributed by atoms with Gasteiger partial charge in [0, 0.05) is 12.1 Å². The molecule has 1 aromatic heterocycles. The van der Waals surface area contributed by atoms with Crippen molar-refractivity contribution in [2.45, 2.75) is 31.5 Å². The van der Waals surface area contributed by atoms with E-state index in [9.17, 15) is 9.59 Å². The maximum absolute atomic E-state index is 12.6. The van der Waals surface area contributed by atoms with Crippen LogP contribution >= 0.6 is 11.8 Å². The van der Waals surface area contributed by atoms with E-state index in [0.29, 0.717) is 16.4 Å². The fourth-order valence-corrected chi connectivity index (χ4v) is 3.83. The number of carbonyl (C=O) groups excluding carboxylic acids is 2. The molecule has 3 rings (SSSR count). The summed E-state index contributed by atoms with van der Waals surface area (Å²) in [6.07, 6.45) is 1.99. The molecule has 0 aliphatic rings. The molecule has 1 heterocycles. The summed E-state index contributed by atoms with van der Waals surface area (Å²) in [5, 5.41) is 12.1. The Morgan fingerprint density at radius 2 is 1.81 bits per heavy atom. The first kappa shape index (κ1) is 23.3.